The van der Waals surface area contributed by atoms with Crippen LogP contribution in [0.5, 0.6) is 0 Å². The molecule has 0 amide bonds. The Morgan fingerprint density at radius 3 is 2.66 bits per heavy atom. The zero-order chi connectivity index (χ0) is 20.8. The molecule has 0 fully saturated rings. The number of hydrogen-bond acceptors (Lipinski definition) is 6. The summed E-state index contributed by atoms with van der Waals surface area (Å²) in [4.78, 5) is 24.6. The predicted molar refractivity (Wildman–Crippen MR) is 119 cm³/mol. The number of carbonyl (C=O) groups is 1. The van der Waals surface area contributed by atoms with Gasteiger partial charge in [-0.25, -0.2) is 4.79 Å². The number of esters is 1. The van der Waals surface area contributed by atoms with E-state index in [1.54, 1.807) is 25.1 Å². The van der Waals surface area contributed by atoms with Crippen molar-refractivity contribution in [1.82, 2.24) is 0 Å². The van der Waals surface area contributed by atoms with Gasteiger partial charge in [0.05, 0.1) is 17.1 Å². The van der Waals surface area contributed by atoms with Crippen LogP contribution in [0.1, 0.15) is 53.4 Å². The number of aryl methyl sites for hydroxylation is 1. The van der Waals surface area contributed by atoms with Crippen LogP contribution < -0.4 is 10.6 Å². The molecule has 2 N–H and O–H groups in total. The van der Waals surface area contributed by atoms with Crippen LogP contribution in [0.15, 0.2) is 24.3 Å². The quantitative estimate of drug-likeness (QED) is 0.286. The second-order valence-corrected chi connectivity index (χ2v) is 8.21. The highest BCUT2D eigenvalue weighted by Gasteiger charge is 2.26. The summed E-state index contributed by atoms with van der Waals surface area (Å²) in [6.45, 7) is 2.07. The molecule has 0 spiro atoms. The van der Waals surface area contributed by atoms with Gasteiger partial charge >= 0.3 is 5.97 Å². The van der Waals surface area contributed by atoms with E-state index in [1.165, 1.54) is 28.7 Å². The molecular formula is C20H23N3O4S2. The Balaban J connectivity index is 1.88. The van der Waals surface area contributed by atoms with E-state index < -0.39 is 4.92 Å². The number of anilines is 2. The number of benzene rings is 1. The third kappa shape index (κ3) is 5.10. The highest BCUT2D eigenvalue weighted by Crippen LogP contribution is 2.38. The van der Waals surface area contributed by atoms with E-state index in [0.29, 0.717) is 22.9 Å². The molecule has 0 unspecified atom stereocenters. The largest absolute Gasteiger partial charge is 0.462 e. The fourth-order valence-electron chi connectivity index (χ4n) is 3.42. The van der Waals surface area contributed by atoms with Crippen LogP contribution in [0, 0.1) is 10.1 Å². The second-order valence-electron chi connectivity index (χ2n) is 6.70. The van der Waals surface area contributed by atoms with Crippen molar-refractivity contribution in [2.75, 3.05) is 17.2 Å². The summed E-state index contributed by atoms with van der Waals surface area (Å²) in [6.07, 6.45) is 6.23. The lowest BCUT2D eigenvalue weighted by Gasteiger charge is -2.12. The van der Waals surface area contributed by atoms with Crippen molar-refractivity contribution in [2.45, 2.75) is 45.4 Å². The van der Waals surface area contributed by atoms with Crippen molar-refractivity contribution in [3.8, 4) is 0 Å². The van der Waals surface area contributed by atoms with Crippen molar-refractivity contribution >= 4 is 51.0 Å². The van der Waals surface area contributed by atoms with Crippen LogP contribution in [0.3, 0.4) is 0 Å². The number of nitrogens with one attached hydrogen (secondary N) is 2. The maximum Gasteiger partial charge on any atom is 0.341 e. The summed E-state index contributed by atoms with van der Waals surface area (Å²) >= 11 is 6.89. The van der Waals surface area contributed by atoms with E-state index in [4.69, 9.17) is 17.0 Å². The molecule has 1 aromatic carbocycles. The molecule has 0 radical (unpaired) electrons. The maximum atomic E-state index is 12.7. The maximum absolute atomic E-state index is 12.7. The van der Waals surface area contributed by atoms with Gasteiger partial charge < -0.3 is 15.4 Å². The lowest BCUT2D eigenvalue weighted by molar-refractivity contribution is -0.383. The Labute approximate surface area is 178 Å². The van der Waals surface area contributed by atoms with Gasteiger partial charge in [0, 0.05) is 10.9 Å². The first kappa shape index (κ1) is 21.2. The Hall–Kier alpha value is -2.52. The lowest BCUT2D eigenvalue weighted by atomic mass is 9.96. The normalized spacial score (nSPS) is 13.6. The summed E-state index contributed by atoms with van der Waals surface area (Å²) in [5.74, 6) is -0.360. The third-order valence-corrected chi connectivity index (χ3v) is 6.14. The van der Waals surface area contributed by atoms with Gasteiger partial charge in [-0.05, 0) is 56.5 Å². The topological polar surface area (TPSA) is 93.5 Å². The number of ether oxygens (including phenoxy) is 1. The first-order chi connectivity index (χ1) is 14.0. The number of carbonyl (C=O) groups excluding carboxylic acids is 1. The number of para-hydroxylation sites is 2. The number of thiocarbonyl (C=S) groups is 1. The van der Waals surface area contributed by atoms with Gasteiger partial charge in [-0.3, -0.25) is 10.1 Å². The minimum absolute atomic E-state index is 0.0688. The van der Waals surface area contributed by atoms with Crippen molar-refractivity contribution in [2.24, 2.45) is 0 Å². The van der Waals surface area contributed by atoms with Crippen molar-refractivity contribution in [3.63, 3.8) is 0 Å². The smallest absolute Gasteiger partial charge is 0.341 e. The second kappa shape index (κ2) is 9.80. The Kier molecular flexibility index (Phi) is 7.16. The molecule has 9 heteroatoms. The van der Waals surface area contributed by atoms with E-state index in [2.05, 4.69) is 10.6 Å². The molecule has 0 atom stereocenters. The molecule has 7 nitrogen and oxygen atoms in total. The fraction of sp³-hybridized carbons (Fsp3) is 0.400. The van der Waals surface area contributed by atoms with Crippen LogP contribution in [-0.4, -0.2) is 22.6 Å². The molecule has 0 saturated carbocycles. The molecule has 1 heterocycles. The monoisotopic (exact) mass is 433 g/mol. The molecule has 0 bridgehead atoms. The standard InChI is InChI=1S/C20H23N3O4S2/c1-2-27-19(24)17-13-9-5-3-4-6-12-16(13)29-18(17)22-20(28)21-14-10-7-8-11-15(14)23(25)26/h7-8,10-11H,2-6,9,12H2,1H3,(H2,21,22,28). The number of rotatable bonds is 5. The third-order valence-electron chi connectivity index (χ3n) is 4.73. The molecular weight excluding hydrogens is 410 g/mol. The van der Waals surface area contributed by atoms with Gasteiger partial charge in [0.25, 0.3) is 5.69 Å². The van der Waals surface area contributed by atoms with Gasteiger partial charge in [0.15, 0.2) is 5.11 Å². The lowest BCUT2D eigenvalue weighted by Crippen LogP contribution is -2.21. The van der Waals surface area contributed by atoms with Gasteiger partial charge in [-0.1, -0.05) is 25.0 Å². The van der Waals surface area contributed by atoms with Crippen LogP contribution in [0.25, 0.3) is 0 Å². The number of nitro benzene ring substituents is 1. The molecule has 1 aliphatic rings. The highest BCUT2D eigenvalue weighted by atomic mass is 32.1. The molecule has 1 aliphatic carbocycles. The molecule has 0 saturated heterocycles. The summed E-state index contributed by atoms with van der Waals surface area (Å²) in [5, 5.41) is 18.0. The van der Waals surface area contributed by atoms with E-state index in [0.717, 1.165) is 37.7 Å². The zero-order valence-electron chi connectivity index (χ0n) is 16.2. The zero-order valence-corrected chi connectivity index (χ0v) is 17.8. The van der Waals surface area contributed by atoms with Crippen LogP contribution >= 0.6 is 23.6 Å². The Bertz CT molecular complexity index is 926. The summed E-state index contributed by atoms with van der Waals surface area (Å²) < 4.78 is 5.29. The van der Waals surface area contributed by atoms with Crippen LogP contribution in [0.4, 0.5) is 16.4 Å². The van der Waals surface area contributed by atoms with Gasteiger partial charge in [-0.15, -0.1) is 11.3 Å². The van der Waals surface area contributed by atoms with E-state index >= 15 is 0 Å². The molecule has 2 aromatic rings. The summed E-state index contributed by atoms with van der Waals surface area (Å²) in [6, 6.07) is 6.29. The average molecular weight is 434 g/mol. The summed E-state index contributed by atoms with van der Waals surface area (Å²) in [5.41, 5.74) is 1.81. The average Bonchev–Trinajstić information content (AvgIpc) is 2.98. The first-order valence-electron chi connectivity index (χ1n) is 9.64. The predicted octanol–water partition coefficient (Wildman–Crippen LogP) is 5.30. The van der Waals surface area contributed by atoms with E-state index in [-0.39, 0.29) is 16.8 Å². The van der Waals surface area contributed by atoms with Crippen LogP contribution in [-0.2, 0) is 17.6 Å². The molecule has 3 rings (SSSR count). The molecule has 0 aliphatic heterocycles. The van der Waals surface area contributed by atoms with Gasteiger partial charge in [0.2, 0.25) is 0 Å². The number of nitro groups is 1. The Morgan fingerprint density at radius 2 is 1.93 bits per heavy atom. The number of nitrogens with zero attached hydrogens (tertiary/aromatic N) is 1. The van der Waals surface area contributed by atoms with Crippen LogP contribution in [0.2, 0.25) is 0 Å². The minimum Gasteiger partial charge on any atom is -0.462 e. The van der Waals surface area contributed by atoms with Gasteiger partial charge in [-0.2, -0.15) is 0 Å². The summed E-state index contributed by atoms with van der Waals surface area (Å²) in [7, 11) is 0. The molecule has 1 aromatic heterocycles. The minimum atomic E-state index is -0.466. The fourth-order valence-corrected chi connectivity index (χ4v) is 4.98. The SMILES string of the molecule is CCOC(=O)c1c(NC(=S)Nc2ccccc2[N+](=O)[O-])sc2c1CCCCCC2. The van der Waals surface area contributed by atoms with Gasteiger partial charge in [0.1, 0.15) is 10.7 Å². The van der Waals surface area contributed by atoms with E-state index in [1.807, 2.05) is 0 Å². The van der Waals surface area contributed by atoms with Crippen molar-refractivity contribution in [1.29, 1.82) is 0 Å². The van der Waals surface area contributed by atoms with E-state index in [9.17, 15) is 14.9 Å². The van der Waals surface area contributed by atoms with Crippen molar-refractivity contribution in [3.05, 3.63) is 50.4 Å². The first-order valence-corrected chi connectivity index (χ1v) is 10.9. The molecule has 154 valence electrons. The number of thiophene rings is 1. The number of fused-ring (bicyclic) bond motifs is 1. The highest BCUT2D eigenvalue weighted by molar-refractivity contribution is 7.80. The number of hydrogen-bond donors (Lipinski definition) is 2. The molecule has 29 heavy (non-hydrogen) atoms. The van der Waals surface area contributed by atoms with Crippen molar-refractivity contribution < 1.29 is 14.5 Å². The Morgan fingerprint density at radius 1 is 1.21 bits per heavy atom.